The predicted molar refractivity (Wildman–Crippen MR) is 135 cm³/mol. The van der Waals surface area contributed by atoms with E-state index in [2.05, 4.69) is 15.1 Å². The number of carbonyl (C=O) groups is 1. The third-order valence-corrected chi connectivity index (χ3v) is 7.11. The van der Waals surface area contributed by atoms with Crippen molar-refractivity contribution in [1.82, 2.24) is 24.6 Å². The molecule has 5 rings (SSSR count). The van der Waals surface area contributed by atoms with Crippen molar-refractivity contribution in [1.29, 1.82) is 0 Å². The molecule has 0 aliphatic carbocycles. The van der Waals surface area contributed by atoms with Gasteiger partial charge in [-0.3, -0.25) is 14.2 Å². The molecule has 0 atom stereocenters. The molecule has 2 aromatic carbocycles. The lowest BCUT2D eigenvalue weighted by Crippen LogP contribution is -2.33. The standard InChI is InChI=1S/C26H23N5O3S/c1-16-9-7-8-12-19(16)23-28-24(34-29-23)22-17(2)21-25(35-22)27-15-31(26(21)33)14-20(32)30(3)13-18-10-5-4-6-11-18/h4-12,15H,13-14H2,1-3H3. The van der Waals surface area contributed by atoms with Gasteiger partial charge < -0.3 is 9.42 Å². The average molecular weight is 486 g/mol. The number of aromatic nitrogens is 4. The highest BCUT2D eigenvalue weighted by Gasteiger charge is 2.22. The zero-order chi connectivity index (χ0) is 24.5. The normalized spacial score (nSPS) is 11.2. The summed E-state index contributed by atoms with van der Waals surface area (Å²) in [4.78, 5) is 37.9. The SMILES string of the molecule is Cc1ccccc1-c1noc(-c2sc3ncn(CC(=O)N(C)Cc4ccccc4)c(=O)c3c2C)n1. The van der Waals surface area contributed by atoms with Gasteiger partial charge in [0, 0.05) is 19.2 Å². The molecule has 0 N–H and O–H groups in total. The van der Waals surface area contributed by atoms with Gasteiger partial charge in [-0.25, -0.2) is 4.98 Å². The maximum absolute atomic E-state index is 13.3. The van der Waals surface area contributed by atoms with Crippen LogP contribution < -0.4 is 5.56 Å². The molecule has 3 heterocycles. The van der Waals surface area contributed by atoms with Crippen LogP contribution in [0.4, 0.5) is 0 Å². The Kier molecular flexibility index (Phi) is 6.00. The number of aryl methyl sites for hydroxylation is 2. The van der Waals surface area contributed by atoms with Crippen LogP contribution in [-0.2, 0) is 17.9 Å². The van der Waals surface area contributed by atoms with E-state index in [1.165, 1.54) is 22.2 Å². The highest BCUT2D eigenvalue weighted by atomic mass is 32.1. The summed E-state index contributed by atoms with van der Waals surface area (Å²) >= 11 is 1.32. The van der Waals surface area contributed by atoms with Gasteiger partial charge in [-0.15, -0.1) is 11.3 Å². The molecule has 5 aromatic rings. The van der Waals surface area contributed by atoms with Crippen molar-refractivity contribution < 1.29 is 9.32 Å². The van der Waals surface area contributed by atoms with Crippen LogP contribution >= 0.6 is 11.3 Å². The number of hydrogen-bond acceptors (Lipinski definition) is 7. The Labute approximate surface area is 205 Å². The van der Waals surface area contributed by atoms with Crippen molar-refractivity contribution in [2.24, 2.45) is 0 Å². The van der Waals surface area contributed by atoms with Gasteiger partial charge in [0.1, 0.15) is 11.4 Å². The minimum Gasteiger partial charge on any atom is -0.340 e. The van der Waals surface area contributed by atoms with E-state index in [1.807, 2.05) is 68.4 Å². The summed E-state index contributed by atoms with van der Waals surface area (Å²) in [6, 6.07) is 17.5. The molecule has 0 fully saturated rings. The number of rotatable bonds is 6. The summed E-state index contributed by atoms with van der Waals surface area (Å²) < 4.78 is 6.89. The molecule has 3 aromatic heterocycles. The first-order valence-electron chi connectivity index (χ1n) is 11.1. The maximum atomic E-state index is 13.3. The van der Waals surface area contributed by atoms with Gasteiger partial charge >= 0.3 is 0 Å². The first-order chi connectivity index (χ1) is 16.9. The summed E-state index contributed by atoms with van der Waals surface area (Å²) in [7, 11) is 1.72. The minimum atomic E-state index is -0.268. The van der Waals surface area contributed by atoms with Crippen LogP contribution in [0, 0.1) is 13.8 Å². The van der Waals surface area contributed by atoms with Crippen LogP contribution in [0.5, 0.6) is 0 Å². The summed E-state index contributed by atoms with van der Waals surface area (Å²) in [5.74, 6) is 0.658. The number of fused-ring (bicyclic) bond motifs is 1. The van der Waals surface area contributed by atoms with E-state index in [0.717, 1.165) is 16.7 Å². The van der Waals surface area contributed by atoms with Crippen molar-refractivity contribution >= 4 is 27.5 Å². The Bertz CT molecular complexity index is 1590. The van der Waals surface area contributed by atoms with Crippen LogP contribution in [-0.4, -0.2) is 37.5 Å². The van der Waals surface area contributed by atoms with Crippen molar-refractivity contribution in [3.05, 3.63) is 88.0 Å². The molecule has 0 unspecified atom stereocenters. The second-order valence-electron chi connectivity index (χ2n) is 8.39. The second kappa shape index (κ2) is 9.27. The molecular weight excluding hydrogens is 462 g/mol. The number of nitrogens with zero attached hydrogens (tertiary/aromatic N) is 5. The highest BCUT2D eigenvalue weighted by Crippen LogP contribution is 2.35. The molecule has 0 saturated heterocycles. The molecule has 8 nitrogen and oxygen atoms in total. The Morgan fingerprint density at radius 3 is 2.60 bits per heavy atom. The molecule has 0 saturated carbocycles. The third-order valence-electron chi connectivity index (χ3n) is 5.92. The van der Waals surface area contributed by atoms with Crippen LogP contribution in [0.15, 0.2) is 70.2 Å². The topological polar surface area (TPSA) is 94.1 Å². The molecule has 0 bridgehead atoms. The maximum Gasteiger partial charge on any atom is 0.268 e. The van der Waals surface area contributed by atoms with Gasteiger partial charge in [-0.2, -0.15) is 4.98 Å². The smallest absolute Gasteiger partial charge is 0.268 e. The van der Waals surface area contributed by atoms with Crippen LogP contribution in [0.1, 0.15) is 16.7 Å². The zero-order valence-electron chi connectivity index (χ0n) is 19.6. The van der Waals surface area contributed by atoms with E-state index in [4.69, 9.17) is 4.52 Å². The fourth-order valence-electron chi connectivity index (χ4n) is 3.94. The van der Waals surface area contributed by atoms with E-state index in [-0.39, 0.29) is 18.0 Å². The summed E-state index contributed by atoms with van der Waals surface area (Å²) in [5.41, 5.74) is 3.39. The number of hydrogen-bond donors (Lipinski definition) is 0. The van der Waals surface area contributed by atoms with E-state index >= 15 is 0 Å². The molecule has 0 aliphatic rings. The van der Waals surface area contributed by atoms with E-state index in [0.29, 0.717) is 38.9 Å². The molecule has 0 aliphatic heterocycles. The number of carbonyl (C=O) groups excluding carboxylic acids is 1. The molecule has 9 heteroatoms. The van der Waals surface area contributed by atoms with Crippen LogP contribution in [0.3, 0.4) is 0 Å². The fraction of sp³-hybridized carbons (Fsp3) is 0.192. The minimum absolute atomic E-state index is 0.0896. The number of benzene rings is 2. The first-order valence-corrected chi connectivity index (χ1v) is 11.9. The Balaban J connectivity index is 1.43. The lowest BCUT2D eigenvalue weighted by Gasteiger charge is -2.17. The Hall–Kier alpha value is -4.11. The number of likely N-dealkylation sites (N-methyl/N-ethyl adjacent to an activating group) is 1. The van der Waals surface area contributed by atoms with Crippen molar-refractivity contribution in [2.45, 2.75) is 26.9 Å². The Morgan fingerprint density at radius 2 is 1.83 bits per heavy atom. The number of thiophene rings is 1. The first kappa shape index (κ1) is 22.7. The van der Waals surface area contributed by atoms with Gasteiger partial charge in [0.05, 0.1) is 16.6 Å². The molecule has 0 spiro atoms. The molecule has 35 heavy (non-hydrogen) atoms. The largest absolute Gasteiger partial charge is 0.340 e. The van der Waals surface area contributed by atoms with Gasteiger partial charge in [0.15, 0.2) is 0 Å². The van der Waals surface area contributed by atoms with E-state index in [1.54, 1.807) is 11.9 Å². The second-order valence-corrected chi connectivity index (χ2v) is 9.39. The van der Waals surface area contributed by atoms with Crippen LogP contribution in [0.25, 0.3) is 32.4 Å². The molecule has 1 amide bonds. The molecule has 0 radical (unpaired) electrons. The third kappa shape index (κ3) is 4.38. The summed E-state index contributed by atoms with van der Waals surface area (Å²) in [6.45, 7) is 4.20. The van der Waals surface area contributed by atoms with Gasteiger partial charge in [0.2, 0.25) is 11.7 Å². The lowest BCUT2D eigenvalue weighted by molar-refractivity contribution is -0.131. The van der Waals surface area contributed by atoms with Gasteiger partial charge in [-0.05, 0) is 30.5 Å². The highest BCUT2D eigenvalue weighted by molar-refractivity contribution is 7.22. The predicted octanol–water partition coefficient (Wildman–Crippen LogP) is 4.45. The summed E-state index contributed by atoms with van der Waals surface area (Å²) in [6.07, 6.45) is 1.42. The van der Waals surface area contributed by atoms with E-state index < -0.39 is 0 Å². The molecular formula is C26H23N5O3S. The monoisotopic (exact) mass is 485 g/mol. The number of amides is 1. The van der Waals surface area contributed by atoms with Crippen molar-refractivity contribution in [3.63, 3.8) is 0 Å². The van der Waals surface area contributed by atoms with Gasteiger partial charge in [0.25, 0.3) is 11.4 Å². The summed E-state index contributed by atoms with van der Waals surface area (Å²) in [5, 5.41) is 4.59. The Morgan fingerprint density at radius 1 is 1.09 bits per heavy atom. The van der Waals surface area contributed by atoms with Crippen molar-refractivity contribution in [3.8, 4) is 22.2 Å². The van der Waals surface area contributed by atoms with Crippen LogP contribution in [0.2, 0.25) is 0 Å². The van der Waals surface area contributed by atoms with E-state index in [9.17, 15) is 9.59 Å². The average Bonchev–Trinajstić information content (AvgIpc) is 3.47. The molecule has 176 valence electrons. The quantitative estimate of drug-likeness (QED) is 0.353. The zero-order valence-corrected chi connectivity index (χ0v) is 20.4. The van der Waals surface area contributed by atoms with Gasteiger partial charge in [-0.1, -0.05) is 59.8 Å². The fourth-order valence-corrected chi connectivity index (χ4v) is 5.00. The lowest BCUT2D eigenvalue weighted by atomic mass is 10.1. The van der Waals surface area contributed by atoms with Crippen molar-refractivity contribution in [2.75, 3.05) is 7.05 Å².